The van der Waals surface area contributed by atoms with Crippen molar-refractivity contribution in [3.8, 4) is 0 Å². The smallest absolute Gasteiger partial charge is 0.134 e. The lowest BCUT2D eigenvalue weighted by atomic mass is 10.1. The molecule has 1 aliphatic heterocycles. The third kappa shape index (κ3) is 5.29. The minimum atomic E-state index is 0.545. The summed E-state index contributed by atoms with van der Waals surface area (Å²) in [4.78, 5) is 16.1. The highest BCUT2D eigenvalue weighted by Gasteiger charge is 2.16. The first-order valence-corrected chi connectivity index (χ1v) is 10.8. The Morgan fingerprint density at radius 3 is 2.66 bits per heavy atom. The molecule has 3 heterocycles. The van der Waals surface area contributed by atoms with Crippen molar-refractivity contribution in [2.24, 2.45) is 0 Å². The second kappa shape index (κ2) is 9.31. The minimum Gasteiger partial charge on any atom is -0.383 e. The molecule has 0 bridgehead atoms. The van der Waals surface area contributed by atoms with Gasteiger partial charge in [0.15, 0.2) is 0 Å². The molecule has 1 fully saturated rings. The molecule has 0 radical (unpaired) electrons. The second-order valence-corrected chi connectivity index (χ2v) is 8.74. The molecule has 1 aromatic carbocycles. The summed E-state index contributed by atoms with van der Waals surface area (Å²) >= 11 is 1.83. The summed E-state index contributed by atoms with van der Waals surface area (Å²) in [5.41, 5.74) is 8.12. The molecule has 0 unspecified atom stereocenters. The van der Waals surface area contributed by atoms with Gasteiger partial charge in [0.1, 0.15) is 12.1 Å². The van der Waals surface area contributed by atoms with Crippen LogP contribution in [0, 0.1) is 6.92 Å². The van der Waals surface area contributed by atoms with Crippen molar-refractivity contribution in [1.82, 2.24) is 19.8 Å². The molecule has 1 saturated heterocycles. The Morgan fingerprint density at radius 2 is 1.86 bits per heavy atom. The van der Waals surface area contributed by atoms with Crippen molar-refractivity contribution in [3.63, 3.8) is 0 Å². The van der Waals surface area contributed by atoms with Gasteiger partial charge < -0.3 is 5.73 Å². The minimum absolute atomic E-state index is 0.545. The molecule has 0 amide bonds. The Labute approximate surface area is 176 Å². The van der Waals surface area contributed by atoms with Crippen molar-refractivity contribution in [2.45, 2.75) is 13.5 Å². The van der Waals surface area contributed by atoms with Crippen molar-refractivity contribution in [3.05, 3.63) is 70.2 Å². The van der Waals surface area contributed by atoms with Crippen LogP contribution in [-0.4, -0.2) is 52.5 Å². The number of rotatable bonds is 6. The summed E-state index contributed by atoms with van der Waals surface area (Å²) in [6, 6.07) is 10.6. The van der Waals surface area contributed by atoms with Gasteiger partial charge in [-0.05, 0) is 42.8 Å². The maximum absolute atomic E-state index is 5.92. The van der Waals surface area contributed by atoms with Crippen molar-refractivity contribution in [2.75, 3.05) is 38.5 Å². The van der Waals surface area contributed by atoms with Crippen LogP contribution in [0.1, 0.15) is 15.3 Å². The molecule has 29 heavy (non-hydrogen) atoms. The van der Waals surface area contributed by atoms with Crippen LogP contribution in [0.25, 0.3) is 17.0 Å². The fourth-order valence-electron chi connectivity index (χ4n) is 3.59. The van der Waals surface area contributed by atoms with E-state index in [1.165, 1.54) is 21.6 Å². The van der Waals surface area contributed by atoms with E-state index in [2.05, 4.69) is 75.3 Å². The highest BCUT2D eigenvalue weighted by molar-refractivity contribution is 7.12. The van der Waals surface area contributed by atoms with Crippen LogP contribution >= 0.6 is 11.3 Å². The molecule has 0 saturated carbocycles. The Balaban J connectivity index is 1.23. The first kappa shape index (κ1) is 19.8. The Morgan fingerprint density at radius 1 is 1.03 bits per heavy atom. The predicted molar refractivity (Wildman–Crippen MR) is 123 cm³/mol. The van der Waals surface area contributed by atoms with Crippen molar-refractivity contribution >= 4 is 34.1 Å². The molecule has 0 spiro atoms. The lowest BCUT2D eigenvalue weighted by Gasteiger charge is -2.34. The monoisotopic (exact) mass is 405 g/mol. The zero-order valence-corrected chi connectivity index (χ0v) is 17.6. The molecular weight excluding hydrogens is 378 g/mol. The van der Waals surface area contributed by atoms with E-state index in [1.54, 1.807) is 0 Å². The third-order valence-corrected chi connectivity index (χ3v) is 6.20. The largest absolute Gasteiger partial charge is 0.383 e. The van der Waals surface area contributed by atoms with Gasteiger partial charge in [-0.3, -0.25) is 9.80 Å². The Hall–Kier alpha value is -2.54. The van der Waals surface area contributed by atoms with Gasteiger partial charge in [0, 0.05) is 54.4 Å². The van der Waals surface area contributed by atoms with E-state index in [4.69, 9.17) is 5.73 Å². The summed E-state index contributed by atoms with van der Waals surface area (Å²) in [5, 5.41) is 0.927. The molecule has 150 valence electrons. The predicted octanol–water partition coefficient (Wildman–Crippen LogP) is 3.97. The molecular formula is C23H27N5S. The van der Waals surface area contributed by atoms with E-state index < -0.39 is 0 Å². The van der Waals surface area contributed by atoms with Crippen LogP contribution in [0.5, 0.6) is 0 Å². The number of piperazine rings is 1. The number of aryl methyl sites for hydroxylation is 1. The van der Waals surface area contributed by atoms with Gasteiger partial charge in [-0.1, -0.05) is 24.3 Å². The third-order valence-electron chi connectivity index (χ3n) is 5.24. The van der Waals surface area contributed by atoms with Crippen molar-refractivity contribution < 1.29 is 0 Å². The number of anilines is 1. The molecule has 1 aliphatic rings. The number of thiophene rings is 1. The van der Waals surface area contributed by atoms with Crippen LogP contribution in [0.4, 0.5) is 5.82 Å². The Bertz CT molecular complexity index is 1020. The fraction of sp³-hybridized carbons (Fsp3) is 0.304. The zero-order chi connectivity index (χ0) is 20.1. The number of nitrogen functional groups attached to an aromatic ring is 1. The van der Waals surface area contributed by atoms with Crippen LogP contribution in [0.15, 0.2) is 54.9 Å². The average molecular weight is 406 g/mol. The molecule has 2 N–H and O–H groups in total. The normalized spacial score (nSPS) is 16.4. The lowest BCUT2D eigenvalue weighted by Crippen LogP contribution is -2.45. The van der Waals surface area contributed by atoms with Gasteiger partial charge in [-0.2, -0.15) is 0 Å². The number of fused-ring (bicyclic) bond motifs is 1. The molecule has 3 aromatic rings. The molecule has 0 atom stereocenters. The number of hydrogen-bond donors (Lipinski definition) is 1. The number of hydrogen-bond acceptors (Lipinski definition) is 6. The van der Waals surface area contributed by atoms with Gasteiger partial charge in [0.05, 0.1) is 5.52 Å². The van der Waals surface area contributed by atoms with E-state index in [1.807, 2.05) is 17.4 Å². The molecule has 4 rings (SSSR count). The Kier molecular flexibility index (Phi) is 6.34. The van der Waals surface area contributed by atoms with Gasteiger partial charge in [-0.15, -0.1) is 11.3 Å². The maximum atomic E-state index is 5.92. The number of allylic oxidation sites excluding steroid dienone is 2. The summed E-state index contributed by atoms with van der Waals surface area (Å²) in [6.07, 6.45) is 10.3. The lowest BCUT2D eigenvalue weighted by molar-refractivity contribution is 0.137. The van der Waals surface area contributed by atoms with E-state index in [0.29, 0.717) is 5.82 Å². The molecule has 2 aromatic heterocycles. The number of aromatic nitrogens is 2. The molecule has 6 heteroatoms. The quantitative estimate of drug-likeness (QED) is 0.629. The van der Waals surface area contributed by atoms with E-state index in [-0.39, 0.29) is 0 Å². The van der Waals surface area contributed by atoms with E-state index >= 15 is 0 Å². The second-order valence-electron chi connectivity index (χ2n) is 7.42. The standard InChI is InChI=1S/C23H27N5S/c1-18-6-8-20(29-18)5-3-2-4-10-27-11-13-28(14-12-27)16-19-7-9-21-22(15-19)25-17-26-23(21)24/h2-9,15,17H,10-14,16H2,1H3,(H2,24,25,26). The summed E-state index contributed by atoms with van der Waals surface area (Å²) < 4.78 is 0. The first-order chi connectivity index (χ1) is 14.2. The van der Waals surface area contributed by atoms with Crippen LogP contribution < -0.4 is 5.73 Å². The fourth-order valence-corrected chi connectivity index (χ4v) is 4.38. The number of nitrogens with zero attached hydrogens (tertiary/aromatic N) is 4. The summed E-state index contributed by atoms with van der Waals surface area (Å²) in [6.45, 7) is 8.47. The number of nitrogens with two attached hydrogens (primary N) is 1. The van der Waals surface area contributed by atoms with Crippen LogP contribution in [0.3, 0.4) is 0 Å². The number of benzene rings is 1. The SMILES string of the molecule is Cc1ccc(C=CC=CCN2CCN(Cc3ccc4c(N)ncnc4c3)CC2)s1. The van der Waals surface area contributed by atoms with Crippen LogP contribution in [-0.2, 0) is 6.54 Å². The first-order valence-electron chi connectivity index (χ1n) is 10.0. The highest BCUT2D eigenvalue weighted by atomic mass is 32.1. The molecule has 5 nitrogen and oxygen atoms in total. The van der Waals surface area contributed by atoms with E-state index in [0.717, 1.165) is 50.2 Å². The van der Waals surface area contributed by atoms with E-state index in [9.17, 15) is 0 Å². The van der Waals surface area contributed by atoms with Gasteiger partial charge in [0.2, 0.25) is 0 Å². The summed E-state index contributed by atoms with van der Waals surface area (Å²) in [7, 11) is 0. The van der Waals surface area contributed by atoms with Gasteiger partial charge in [-0.25, -0.2) is 9.97 Å². The average Bonchev–Trinajstić information content (AvgIpc) is 3.14. The topological polar surface area (TPSA) is 58.3 Å². The van der Waals surface area contributed by atoms with Gasteiger partial charge >= 0.3 is 0 Å². The highest BCUT2D eigenvalue weighted by Crippen LogP contribution is 2.19. The molecule has 0 aliphatic carbocycles. The summed E-state index contributed by atoms with van der Waals surface area (Å²) in [5.74, 6) is 0.545. The zero-order valence-electron chi connectivity index (χ0n) is 16.8. The van der Waals surface area contributed by atoms with Crippen molar-refractivity contribution in [1.29, 1.82) is 0 Å². The van der Waals surface area contributed by atoms with Gasteiger partial charge in [0.25, 0.3) is 0 Å². The van der Waals surface area contributed by atoms with Crippen LogP contribution in [0.2, 0.25) is 0 Å². The maximum Gasteiger partial charge on any atom is 0.134 e.